The smallest absolute Gasteiger partial charge is 0.0755 e. The van der Waals surface area contributed by atoms with E-state index in [0.717, 1.165) is 23.7 Å². The average Bonchev–Trinajstić information content (AvgIpc) is 2.68. The molecule has 0 aliphatic carbocycles. The van der Waals surface area contributed by atoms with Crippen LogP contribution in [0.4, 0.5) is 5.69 Å². The van der Waals surface area contributed by atoms with Crippen molar-refractivity contribution in [1.82, 2.24) is 0 Å². The molecule has 92 valence electrons. The molecule has 3 nitrogen and oxygen atoms in total. The van der Waals surface area contributed by atoms with Crippen molar-refractivity contribution in [3.8, 4) is 0 Å². The monoisotopic (exact) mass is 252 g/mol. The Bertz CT molecular complexity index is 412. The lowest BCUT2D eigenvalue weighted by Crippen LogP contribution is -2.43. The molecule has 2 atom stereocenters. The Morgan fingerprint density at radius 3 is 2.65 bits per heavy atom. The first-order chi connectivity index (χ1) is 8.26. The lowest BCUT2D eigenvalue weighted by Gasteiger charge is -2.35. The SMILES string of the molecule is NCc1ccc(Cl)cc1N1CC2CCC(C1)O2. The van der Waals surface area contributed by atoms with Crippen LogP contribution >= 0.6 is 11.6 Å². The molecule has 2 aliphatic rings. The summed E-state index contributed by atoms with van der Waals surface area (Å²) in [5.41, 5.74) is 8.13. The van der Waals surface area contributed by atoms with Crippen molar-refractivity contribution in [2.75, 3.05) is 18.0 Å². The van der Waals surface area contributed by atoms with Crippen molar-refractivity contribution in [3.05, 3.63) is 28.8 Å². The minimum Gasteiger partial charge on any atom is -0.371 e. The zero-order valence-corrected chi connectivity index (χ0v) is 10.5. The number of hydrogen-bond acceptors (Lipinski definition) is 3. The van der Waals surface area contributed by atoms with E-state index in [1.165, 1.54) is 18.5 Å². The van der Waals surface area contributed by atoms with Crippen LogP contribution in [0.1, 0.15) is 18.4 Å². The van der Waals surface area contributed by atoms with Crippen LogP contribution in [0.25, 0.3) is 0 Å². The molecule has 0 saturated carbocycles. The van der Waals surface area contributed by atoms with Crippen molar-refractivity contribution >= 4 is 17.3 Å². The molecule has 17 heavy (non-hydrogen) atoms. The summed E-state index contributed by atoms with van der Waals surface area (Å²) in [5, 5.41) is 0.774. The van der Waals surface area contributed by atoms with E-state index in [1.807, 2.05) is 18.2 Å². The standard InChI is InChI=1S/C13H17ClN2O/c14-10-2-1-9(6-15)13(5-10)16-7-11-3-4-12(8-16)17-11/h1-2,5,11-12H,3-4,6-8,15H2. The Kier molecular flexibility index (Phi) is 2.99. The number of anilines is 1. The Morgan fingerprint density at radius 1 is 1.29 bits per heavy atom. The lowest BCUT2D eigenvalue weighted by atomic mass is 10.1. The van der Waals surface area contributed by atoms with Gasteiger partial charge < -0.3 is 15.4 Å². The number of nitrogens with two attached hydrogens (primary N) is 1. The van der Waals surface area contributed by atoms with Crippen molar-refractivity contribution in [3.63, 3.8) is 0 Å². The van der Waals surface area contributed by atoms with Gasteiger partial charge in [0.1, 0.15) is 0 Å². The van der Waals surface area contributed by atoms with E-state index in [1.54, 1.807) is 0 Å². The van der Waals surface area contributed by atoms with Gasteiger partial charge in [-0.2, -0.15) is 0 Å². The highest BCUT2D eigenvalue weighted by molar-refractivity contribution is 6.30. The maximum absolute atomic E-state index is 6.08. The van der Waals surface area contributed by atoms with E-state index >= 15 is 0 Å². The van der Waals surface area contributed by atoms with Gasteiger partial charge in [0.2, 0.25) is 0 Å². The van der Waals surface area contributed by atoms with Gasteiger partial charge in [0, 0.05) is 30.3 Å². The van der Waals surface area contributed by atoms with E-state index in [9.17, 15) is 0 Å². The number of nitrogens with zero attached hydrogens (tertiary/aromatic N) is 1. The number of hydrogen-bond donors (Lipinski definition) is 1. The largest absolute Gasteiger partial charge is 0.371 e. The molecule has 2 saturated heterocycles. The van der Waals surface area contributed by atoms with E-state index in [4.69, 9.17) is 22.1 Å². The number of ether oxygens (including phenoxy) is 1. The highest BCUT2D eigenvalue weighted by atomic mass is 35.5. The van der Waals surface area contributed by atoms with Crippen LogP contribution in [0.5, 0.6) is 0 Å². The normalized spacial score (nSPS) is 27.5. The molecule has 0 aromatic heterocycles. The number of rotatable bonds is 2. The fourth-order valence-corrected chi connectivity index (χ4v) is 2.98. The maximum Gasteiger partial charge on any atom is 0.0755 e. The van der Waals surface area contributed by atoms with Crippen molar-refractivity contribution in [2.24, 2.45) is 5.73 Å². The summed E-state index contributed by atoms with van der Waals surface area (Å²) in [4.78, 5) is 2.37. The third-order valence-corrected chi connectivity index (χ3v) is 3.89. The van der Waals surface area contributed by atoms with E-state index < -0.39 is 0 Å². The Balaban J connectivity index is 1.90. The van der Waals surface area contributed by atoms with E-state index in [2.05, 4.69) is 4.90 Å². The zero-order valence-electron chi connectivity index (χ0n) is 9.73. The van der Waals surface area contributed by atoms with Gasteiger partial charge in [0.15, 0.2) is 0 Å². The molecular weight excluding hydrogens is 236 g/mol. The molecule has 1 aromatic carbocycles. The molecule has 2 bridgehead atoms. The Morgan fingerprint density at radius 2 is 2.00 bits per heavy atom. The van der Waals surface area contributed by atoms with Crippen LogP contribution in [-0.4, -0.2) is 25.3 Å². The predicted octanol–water partition coefficient (Wildman–Crippen LogP) is 2.17. The first kappa shape index (κ1) is 11.3. The molecule has 0 amide bonds. The number of fused-ring (bicyclic) bond motifs is 2. The van der Waals surface area contributed by atoms with Gasteiger partial charge in [-0.3, -0.25) is 0 Å². The first-order valence-electron chi connectivity index (χ1n) is 6.15. The molecule has 2 fully saturated rings. The third-order valence-electron chi connectivity index (χ3n) is 3.65. The van der Waals surface area contributed by atoms with Gasteiger partial charge >= 0.3 is 0 Å². The molecule has 3 rings (SSSR count). The highest BCUT2D eigenvalue weighted by Gasteiger charge is 2.34. The topological polar surface area (TPSA) is 38.5 Å². The fourth-order valence-electron chi connectivity index (χ4n) is 2.82. The maximum atomic E-state index is 6.08. The second-order valence-electron chi connectivity index (χ2n) is 4.84. The first-order valence-corrected chi connectivity index (χ1v) is 6.53. The minimum atomic E-state index is 0.387. The van der Waals surface area contributed by atoms with Gasteiger partial charge in [-0.1, -0.05) is 17.7 Å². The second kappa shape index (κ2) is 4.48. The molecule has 4 heteroatoms. The zero-order chi connectivity index (χ0) is 11.8. The molecule has 1 aromatic rings. The van der Waals surface area contributed by atoms with Gasteiger partial charge in [0.25, 0.3) is 0 Å². The van der Waals surface area contributed by atoms with Crippen molar-refractivity contribution in [2.45, 2.75) is 31.6 Å². The Labute approximate surface area is 106 Å². The molecule has 2 heterocycles. The number of morpholine rings is 1. The summed E-state index contributed by atoms with van der Waals surface area (Å²) >= 11 is 6.08. The predicted molar refractivity (Wildman–Crippen MR) is 69.5 cm³/mol. The Hall–Kier alpha value is -0.770. The highest BCUT2D eigenvalue weighted by Crippen LogP contribution is 2.32. The molecule has 2 N–H and O–H groups in total. The van der Waals surface area contributed by atoms with Gasteiger partial charge in [-0.05, 0) is 30.5 Å². The van der Waals surface area contributed by atoms with Crippen molar-refractivity contribution in [1.29, 1.82) is 0 Å². The number of benzene rings is 1. The minimum absolute atomic E-state index is 0.387. The van der Waals surface area contributed by atoms with Gasteiger partial charge in [0.05, 0.1) is 12.2 Å². The fraction of sp³-hybridized carbons (Fsp3) is 0.538. The second-order valence-corrected chi connectivity index (χ2v) is 5.28. The summed E-state index contributed by atoms with van der Waals surface area (Å²) < 4.78 is 5.85. The molecule has 0 radical (unpaired) electrons. The van der Waals surface area contributed by atoms with Crippen LogP contribution in [0, 0.1) is 0 Å². The summed E-state index contributed by atoms with van der Waals surface area (Å²) in [5.74, 6) is 0. The molecule has 2 aliphatic heterocycles. The quantitative estimate of drug-likeness (QED) is 0.877. The molecular formula is C13H17ClN2O. The summed E-state index contributed by atoms with van der Waals surface area (Å²) in [6, 6.07) is 5.95. The van der Waals surface area contributed by atoms with Crippen LogP contribution in [-0.2, 0) is 11.3 Å². The van der Waals surface area contributed by atoms with Crippen LogP contribution in [0.15, 0.2) is 18.2 Å². The van der Waals surface area contributed by atoms with Gasteiger partial charge in [-0.15, -0.1) is 0 Å². The van der Waals surface area contributed by atoms with Crippen molar-refractivity contribution < 1.29 is 4.74 Å². The molecule has 0 spiro atoms. The summed E-state index contributed by atoms with van der Waals surface area (Å²) in [6.45, 7) is 2.48. The average molecular weight is 253 g/mol. The summed E-state index contributed by atoms with van der Waals surface area (Å²) in [7, 11) is 0. The molecule has 2 unspecified atom stereocenters. The van der Waals surface area contributed by atoms with E-state index in [0.29, 0.717) is 18.8 Å². The van der Waals surface area contributed by atoms with Gasteiger partial charge in [-0.25, -0.2) is 0 Å². The van der Waals surface area contributed by atoms with E-state index in [-0.39, 0.29) is 0 Å². The summed E-state index contributed by atoms with van der Waals surface area (Å²) in [6.07, 6.45) is 3.14. The number of halogens is 1. The third kappa shape index (κ3) is 2.15. The van der Waals surface area contributed by atoms with Crippen LogP contribution < -0.4 is 10.6 Å². The lowest BCUT2D eigenvalue weighted by molar-refractivity contribution is 0.0304. The van der Waals surface area contributed by atoms with Crippen LogP contribution in [0.3, 0.4) is 0 Å². The van der Waals surface area contributed by atoms with Crippen LogP contribution in [0.2, 0.25) is 5.02 Å².